The Morgan fingerprint density at radius 2 is 1.63 bits per heavy atom. The second kappa shape index (κ2) is 8.80. The van der Waals surface area contributed by atoms with Gasteiger partial charge in [-0.05, 0) is 23.8 Å². The average molecular weight is 425 g/mol. The van der Waals surface area contributed by atoms with Crippen LogP contribution in [0, 0.1) is 5.82 Å². The summed E-state index contributed by atoms with van der Waals surface area (Å²) in [6.07, 6.45) is -4.87. The second-order valence-electron chi connectivity index (χ2n) is 6.81. The highest BCUT2D eigenvalue weighted by Crippen LogP contribution is 2.33. The monoisotopic (exact) mass is 425 g/mol. The van der Waals surface area contributed by atoms with Gasteiger partial charge in [0.1, 0.15) is 11.9 Å². The molecular weight excluding hydrogens is 406 g/mol. The van der Waals surface area contributed by atoms with Gasteiger partial charge in [-0.3, -0.25) is 19.7 Å². The predicted octanol–water partition coefficient (Wildman–Crippen LogP) is 2.85. The van der Waals surface area contributed by atoms with Gasteiger partial charge >= 0.3 is 6.18 Å². The molecule has 1 aliphatic rings. The van der Waals surface area contributed by atoms with Crippen LogP contribution in [-0.2, 0) is 11.0 Å². The molecule has 1 heterocycles. The molecular formula is C20H19F4N3O3. The molecule has 0 aromatic heterocycles. The van der Waals surface area contributed by atoms with Crippen LogP contribution in [0.5, 0.6) is 0 Å². The third kappa shape index (κ3) is 4.60. The van der Waals surface area contributed by atoms with Crippen LogP contribution in [0.4, 0.5) is 17.6 Å². The minimum atomic E-state index is -4.87. The first-order valence-electron chi connectivity index (χ1n) is 9.11. The molecule has 10 heteroatoms. The van der Waals surface area contributed by atoms with Crippen molar-refractivity contribution < 1.29 is 32.4 Å². The third-order valence-electron chi connectivity index (χ3n) is 4.96. The zero-order chi connectivity index (χ0) is 21.9. The Morgan fingerprint density at radius 3 is 2.20 bits per heavy atom. The Bertz CT molecular complexity index is 913. The molecule has 0 aliphatic carbocycles. The summed E-state index contributed by atoms with van der Waals surface area (Å²) in [5.41, 5.74) is 0.312. The zero-order valence-electron chi connectivity index (χ0n) is 15.7. The number of carbonyl (C=O) groups excluding carboxylic acids is 2. The number of carbonyl (C=O) groups is 2. The molecule has 0 bridgehead atoms. The highest BCUT2D eigenvalue weighted by atomic mass is 19.4. The van der Waals surface area contributed by atoms with E-state index in [2.05, 4.69) is 0 Å². The Balaban J connectivity index is 1.77. The quantitative estimate of drug-likeness (QED) is 0.449. The van der Waals surface area contributed by atoms with E-state index in [1.807, 2.05) is 0 Å². The van der Waals surface area contributed by atoms with Crippen molar-refractivity contribution in [2.75, 3.05) is 26.2 Å². The Morgan fingerprint density at radius 1 is 1.00 bits per heavy atom. The molecule has 0 saturated carbocycles. The topological polar surface area (TPSA) is 72.9 Å². The number of piperazine rings is 1. The summed E-state index contributed by atoms with van der Waals surface area (Å²) in [6, 6.07) is 9.81. The molecule has 1 unspecified atom stereocenters. The van der Waals surface area contributed by atoms with E-state index >= 15 is 0 Å². The Hall–Kier alpha value is -2.98. The highest BCUT2D eigenvalue weighted by Gasteiger charge is 2.38. The summed E-state index contributed by atoms with van der Waals surface area (Å²) in [5, 5.41) is 9.09. The molecule has 1 saturated heterocycles. The molecule has 2 aromatic rings. The molecule has 0 radical (unpaired) electrons. The van der Waals surface area contributed by atoms with E-state index < -0.39 is 41.0 Å². The molecule has 2 aromatic carbocycles. The zero-order valence-corrected chi connectivity index (χ0v) is 15.7. The minimum Gasteiger partial charge on any atom is -0.336 e. The minimum absolute atomic E-state index is 0.0650. The first-order valence-corrected chi connectivity index (χ1v) is 9.11. The number of nitrogens with zero attached hydrogens (tertiary/aromatic N) is 2. The third-order valence-corrected chi connectivity index (χ3v) is 4.96. The van der Waals surface area contributed by atoms with E-state index in [0.29, 0.717) is 11.6 Å². The van der Waals surface area contributed by atoms with Gasteiger partial charge in [-0.25, -0.2) is 9.87 Å². The molecule has 2 amide bonds. The summed E-state index contributed by atoms with van der Waals surface area (Å²) in [7, 11) is 0. The van der Waals surface area contributed by atoms with Gasteiger partial charge in [-0.15, -0.1) is 0 Å². The lowest BCUT2D eigenvalue weighted by atomic mass is 10.0. The number of halogens is 4. The van der Waals surface area contributed by atoms with Crippen molar-refractivity contribution in [2.45, 2.75) is 12.2 Å². The van der Waals surface area contributed by atoms with Gasteiger partial charge < -0.3 is 4.90 Å². The number of nitrogens with one attached hydrogen (secondary N) is 1. The summed E-state index contributed by atoms with van der Waals surface area (Å²) >= 11 is 0. The van der Waals surface area contributed by atoms with E-state index in [9.17, 15) is 27.2 Å². The average Bonchev–Trinajstić information content (AvgIpc) is 2.74. The van der Waals surface area contributed by atoms with E-state index in [4.69, 9.17) is 5.21 Å². The van der Waals surface area contributed by atoms with Crippen molar-refractivity contribution in [3.8, 4) is 0 Å². The first-order chi connectivity index (χ1) is 14.2. The van der Waals surface area contributed by atoms with Crippen LogP contribution in [0.15, 0.2) is 48.5 Å². The molecule has 2 N–H and O–H groups in total. The number of rotatable bonds is 4. The summed E-state index contributed by atoms with van der Waals surface area (Å²) in [5.74, 6) is -2.59. The SMILES string of the molecule is O=C(NO)C(c1ccccc1)N1CCN(C(=O)c2ccc(F)cc2C(F)(F)F)CC1. The van der Waals surface area contributed by atoms with Gasteiger partial charge in [-0.1, -0.05) is 30.3 Å². The maximum absolute atomic E-state index is 13.3. The van der Waals surface area contributed by atoms with Crippen molar-refractivity contribution in [1.82, 2.24) is 15.3 Å². The summed E-state index contributed by atoms with van der Waals surface area (Å²) in [6.45, 7) is 0.521. The van der Waals surface area contributed by atoms with Gasteiger partial charge in [0.15, 0.2) is 0 Å². The van der Waals surface area contributed by atoms with E-state index in [-0.39, 0.29) is 26.2 Å². The number of hydrogen-bond acceptors (Lipinski definition) is 4. The number of benzene rings is 2. The van der Waals surface area contributed by atoms with E-state index in [1.54, 1.807) is 40.7 Å². The lowest BCUT2D eigenvalue weighted by Crippen LogP contribution is -2.52. The van der Waals surface area contributed by atoms with Crippen LogP contribution in [-0.4, -0.2) is 53.0 Å². The van der Waals surface area contributed by atoms with E-state index in [0.717, 1.165) is 12.1 Å². The van der Waals surface area contributed by atoms with Crippen LogP contribution in [0.1, 0.15) is 27.5 Å². The fourth-order valence-corrected chi connectivity index (χ4v) is 3.52. The van der Waals surface area contributed by atoms with Gasteiger partial charge in [0.25, 0.3) is 11.8 Å². The van der Waals surface area contributed by atoms with Gasteiger partial charge in [-0.2, -0.15) is 13.2 Å². The number of hydrogen-bond donors (Lipinski definition) is 2. The van der Waals surface area contributed by atoms with Crippen LogP contribution in [0.2, 0.25) is 0 Å². The molecule has 160 valence electrons. The molecule has 1 atom stereocenters. The standard InChI is InChI=1S/C20H19F4N3O3/c21-14-6-7-15(16(12-14)20(22,23)24)19(29)27-10-8-26(9-11-27)17(18(28)25-30)13-4-2-1-3-5-13/h1-7,12,17,30H,8-11H2,(H,25,28). The summed E-state index contributed by atoms with van der Waals surface area (Å²) in [4.78, 5) is 27.8. The fraction of sp³-hybridized carbons (Fsp3) is 0.300. The van der Waals surface area contributed by atoms with Crippen LogP contribution in [0.3, 0.4) is 0 Å². The molecule has 1 aliphatic heterocycles. The van der Waals surface area contributed by atoms with E-state index in [1.165, 1.54) is 4.90 Å². The lowest BCUT2D eigenvalue weighted by Gasteiger charge is -2.38. The summed E-state index contributed by atoms with van der Waals surface area (Å²) < 4.78 is 53.0. The molecule has 0 spiro atoms. The predicted molar refractivity (Wildman–Crippen MR) is 98.0 cm³/mol. The van der Waals surface area contributed by atoms with Gasteiger partial charge in [0.2, 0.25) is 0 Å². The highest BCUT2D eigenvalue weighted by molar-refractivity contribution is 5.96. The second-order valence-corrected chi connectivity index (χ2v) is 6.81. The smallest absolute Gasteiger partial charge is 0.336 e. The van der Waals surface area contributed by atoms with Crippen LogP contribution >= 0.6 is 0 Å². The maximum Gasteiger partial charge on any atom is 0.417 e. The Labute approximate surface area is 169 Å². The van der Waals surface area contributed by atoms with Crippen molar-refractivity contribution in [2.24, 2.45) is 0 Å². The number of hydroxylamine groups is 1. The first kappa shape index (κ1) is 21.7. The lowest BCUT2D eigenvalue weighted by molar-refractivity contribution is -0.138. The molecule has 30 heavy (non-hydrogen) atoms. The largest absolute Gasteiger partial charge is 0.417 e. The van der Waals surface area contributed by atoms with Gasteiger partial charge in [0, 0.05) is 26.2 Å². The van der Waals surface area contributed by atoms with Crippen molar-refractivity contribution in [3.05, 3.63) is 71.0 Å². The number of alkyl halides is 3. The van der Waals surface area contributed by atoms with Crippen molar-refractivity contribution in [3.63, 3.8) is 0 Å². The molecule has 6 nitrogen and oxygen atoms in total. The fourth-order valence-electron chi connectivity index (χ4n) is 3.52. The number of amides is 2. The molecule has 3 rings (SSSR count). The normalized spacial score (nSPS) is 16.2. The maximum atomic E-state index is 13.3. The Kier molecular flexibility index (Phi) is 6.37. The van der Waals surface area contributed by atoms with Gasteiger partial charge in [0.05, 0.1) is 11.1 Å². The van der Waals surface area contributed by atoms with Crippen molar-refractivity contribution >= 4 is 11.8 Å². The van der Waals surface area contributed by atoms with Crippen molar-refractivity contribution in [1.29, 1.82) is 0 Å². The van der Waals surface area contributed by atoms with Crippen LogP contribution < -0.4 is 5.48 Å². The molecule has 1 fully saturated rings. The van der Waals surface area contributed by atoms with Crippen LogP contribution in [0.25, 0.3) is 0 Å².